The Morgan fingerprint density at radius 3 is 3.00 bits per heavy atom. The Labute approximate surface area is 80.3 Å². The Hall–Kier alpha value is -0.960. The van der Waals surface area contributed by atoms with Crippen molar-refractivity contribution in [1.82, 2.24) is 10.2 Å². The van der Waals surface area contributed by atoms with Gasteiger partial charge in [0.05, 0.1) is 6.67 Å². The molecule has 1 aliphatic rings. The maximum Gasteiger partial charge on any atom is 0.0867 e. The van der Waals surface area contributed by atoms with Gasteiger partial charge >= 0.3 is 0 Å². The van der Waals surface area contributed by atoms with Gasteiger partial charge in [-0.3, -0.25) is 0 Å². The molecule has 0 saturated heterocycles. The number of nitrogens with two attached hydrogens (primary N) is 1. The molecule has 0 amide bonds. The smallest absolute Gasteiger partial charge is 0.0867 e. The number of nitrogens with one attached hydrogen (secondary N) is 1. The standard InChI is InChI=1S/C10H19N3/c1-10(3-2-5-11)4-7-13-8-6-12-9-13/h6,8,12H,1-5,7,9,11H2. The lowest BCUT2D eigenvalue weighted by atomic mass is 10.1. The molecule has 0 aromatic carbocycles. The van der Waals surface area contributed by atoms with Crippen LogP contribution in [0, 0.1) is 0 Å². The van der Waals surface area contributed by atoms with E-state index in [2.05, 4.69) is 23.0 Å². The Morgan fingerprint density at radius 1 is 1.54 bits per heavy atom. The van der Waals surface area contributed by atoms with Gasteiger partial charge in [-0.15, -0.1) is 0 Å². The first-order valence-corrected chi connectivity index (χ1v) is 4.84. The molecule has 3 heteroatoms. The minimum absolute atomic E-state index is 0.768. The van der Waals surface area contributed by atoms with Crippen molar-refractivity contribution in [2.45, 2.75) is 19.3 Å². The van der Waals surface area contributed by atoms with Crippen LogP contribution in [0.1, 0.15) is 19.3 Å². The van der Waals surface area contributed by atoms with Crippen LogP contribution in [0.5, 0.6) is 0 Å². The zero-order valence-electron chi connectivity index (χ0n) is 8.13. The summed E-state index contributed by atoms with van der Waals surface area (Å²) in [5, 5.41) is 3.13. The molecule has 1 aliphatic heterocycles. The maximum absolute atomic E-state index is 5.42. The monoisotopic (exact) mass is 181 g/mol. The van der Waals surface area contributed by atoms with Crippen LogP contribution >= 0.6 is 0 Å². The first kappa shape index (κ1) is 10.1. The SMILES string of the molecule is C=C(CCCN)CCN1C=CNC1. The van der Waals surface area contributed by atoms with Crippen molar-refractivity contribution in [1.29, 1.82) is 0 Å². The third kappa shape index (κ3) is 3.99. The van der Waals surface area contributed by atoms with Crippen molar-refractivity contribution in [3.63, 3.8) is 0 Å². The van der Waals surface area contributed by atoms with Gasteiger partial charge in [-0.2, -0.15) is 0 Å². The third-order valence-corrected chi connectivity index (χ3v) is 2.18. The average Bonchev–Trinajstić information content (AvgIpc) is 2.64. The maximum atomic E-state index is 5.42. The highest BCUT2D eigenvalue weighted by Gasteiger charge is 2.03. The Balaban J connectivity index is 2.04. The van der Waals surface area contributed by atoms with Crippen LogP contribution in [0.3, 0.4) is 0 Å². The molecule has 3 N–H and O–H groups in total. The van der Waals surface area contributed by atoms with Gasteiger partial charge in [-0.05, 0) is 25.8 Å². The molecule has 74 valence electrons. The summed E-state index contributed by atoms with van der Waals surface area (Å²) in [6.45, 7) is 6.79. The zero-order chi connectivity index (χ0) is 9.52. The van der Waals surface area contributed by atoms with Crippen LogP contribution in [0.4, 0.5) is 0 Å². The van der Waals surface area contributed by atoms with Crippen LogP contribution in [0.2, 0.25) is 0 Å². The summed E-state index contributed by atoms with van der Waals surface area (Å²) in [6, 6.07) is 0. The molecular weight excluding hydrogens is 162 g/mol. The van der Waals surface area contributed by atoms with Gasteiger partial charge in [0.25, 0.3) is 0 Å². The van der Waals surface area contributed by atoms with E-state index in [-0.39, 0.29) is 0 Å². The molecule has 1 rings (SSSR count). The Morgan fingerprint density at radius 2 is 2.38 bits per heavy atom. The minimum atomic E-state index is 0.768. The van der Waals surface area contributed by atoms with E-state index in [1.165, 1.54) is 5.57 Å². The number of nitrogens with zero attached hydrogens (tertiary/aromatic N) is 1. The summed E-state index contributed by atoms with van der Waals surface area (Å²) >= 11 is 0. The Bertz CT molecular complexity index is 187. The Kier molecular flexibility index (Phi) is 4.40. The topological polar surface area (TPSA) is 41.3 Å². The second kappa shape index (κ2) is 5.65. The fourth-order valence-electron chi connectivity index (χ4n) is 1.31. The van der Waals surface area contributed by atoms with Gasteiger partial charge in [0.2, 0.25) is 0 Å². The number of hydrogen-bond donors (Lipinski definition) is 2. The van der Waals surface area contributed by atoms with E-state index >= 15 is 0 Å². The van der Waals surface area contributed by atoms with E-state index in [9.17, 15) is 0 Å². The van der Waals surface area contributed by atoms with E-state index in [4.69, 9.17) is 5.73 Å². The lowest BCUT2D eigenvalue weighted by Gasteiger charge is -2.15. The molecule has 13 heavy (non-hydrogen) atoms. The molecule has 1 heterocycles. The van der Waals surface area contributed by atoms with Crippen molar-refractivity contribution in [2.24, 2.45) is 5.73 Å². The van der Waals surface area contributed by atoms with Crippen molar-refractivity contribution < 1.29 is 0 Å². The summed E-state index contributed by atoms with van der Waals surface area (Å²) in [4.78, 5) is 2.24. The zero-order valence-corrected chi connectivity index (χ0v) is 8.13. The first-order chi connectivity index (χ1) is 6.33. The van der Waals surface area contributed by atoms with E-state index < -0.39 is 0 Å². The normalized spacial score (nSPS) is 14.7. The molecule has 0 bridgehead atoms. The molecule has 0 aliphatic carbocycles. The lowest BCUT2D eigenvalue weighted by molar-refractivity contribution is 0.393. The highest BCUT2D eigenvalue weighted by Crippen LogP contribution is 2.08. The molecule has 0 saturated carbocycles. The van der Waals surface area contributed by atoms with Crippen molar-refractivity contribution >= 4 is 0 Å². The molecular formula is C10H19N3. The number of rotatable bonds is 6. The van der Waals surface area contributed by atoms with Crippen molar-refractivity contribution in [3.8, 4) is 0 Å². The van der Waals surface area contributed by atoms with E-state index in [1.807, 2.05) is 6.20 Å². The van der Waals surface area contributed by atoms with Crippen LogP contribution in [0.15, 0.2) is 24.6 Å². The number of hydrogen-bond acceptors (Lipinski definition) is 3. The summed E-state index contributed by atoms with van der Waals surface area (Å²) < 4.78 is 0. The van der Waals surface area contributed by atoms with E-state index in [0.717, 1.165) is 39.0 Å². The van der Waals surface area contributed by atoms with Gasteiger partial charge in [0.15, 0.2) is 0 Å². The lowest BCUT2D eigenvalue weighted by Crippen LogP contribution is -2.21. The molecule has 0 aromatic rings. The molecule has 0 aromatic heterocycles. The fraction of sp³-hybridized carbons (Fsp3) is 0.600. The van der Waals surface area contributed by atoms with Crippen LogP contribution in [-0.2, 0) is 0 Å². The van der Waals surface area contributed by atoms with Gasteiger partial charge in [-0.25, -0.2) is 0 Å². The minimum Gasteiger partial charge on any atom is -0.373 e. The van der Waals surface area contributed by atoms with Crippen molar-refractivity contribution in [3.05, 3.63) is 24.6 Å². The van der Waals surface area contributed by atoms with Gasteiger partial charge in [0.1, 0.15) is 0 Å². The third-order valence-electron chi connectivity index (χ3n) is 2.18. The van der Waals surface area contributed by atoms with E-state index in [1.54, 1.807) is 0 Å². The summed E-state index contributed by atoms with van der Waals surface area (Å²) in [5.74, 6) is 0. The predicted molar refractivity (Wildman–Crippen MR) is 55.9 cm³/mol. The highest BCUT2D eigenvalue weighted by atomic mass is 15.2. The van der Waals surface area contributed by atoms with E-state index in [0.29, 0.717) is 0 Å². The molecule has 0 fully saturated rings. The van der Waals surface area contributed by atoms with Gasteiger partial charge < -0.3 is 16.0 Å². The van der Waals surface area contributed by atoms with Gasteiger partial charge in [-0.1, -0.05) is 12.2 Å². The van der Waals surface area contributed by atoms with Gasteiger partial charge in [0, 0.05) is 18.9 Å². The fourth-order valence-corrected chi connectivity index (χ4v) is 1.31. The highest BCUT2D eigenvalue weighted by molar-refractivity contribution is 4.96. The second-order valence-electron chi connectivity index (χ2n) is 3.38. The summed E-state index contributed by atoms with van der Waals surface area (Å²) in [6.07, 6.45) is 7.26. The largest absolute Gasteiger partial charge is 0.373 e. The summed E-state index contributed by atoms with van der Waals surface area (Å²) in [5.41, 5.74) is 6.73. The second-order valence-corrected chi connectivity index (χ2v) is 3.38. The quantitative estimate of drug-likeness (QED) is 0.601. The molecule has 0 radical (unpaired) electrons. The average molecular weight is 181 g/mol. The molecule has 0 atom stereocenters. The molecule has 3 nitrogen and oxygen atoms in total. The van der Waals surface area contributed by atoms with Crippen LogP contribution in [0.25, 0.3) is 0 Å². The van der Waals surface area contributed by atoms with Crippen LogP contribution in [-0.4, -0.2) is 24.7 Å². The molecule has 0 spiro atoms. The van der Waals surface area contributed by atoms with Crippen molar-refractivity contribution in [2.75, 3.05) is 19.8 Å². The summed E-state index contributed by atoms with van der Waals surface area (Å²) in [7, 11) is 0. The van der Waals surface area contributed by atoms with Crippen LogP contribution < -0.4 is 11.1 Å². The first-order valence-electron chi connectivity index (χ1n) is 4.84. The predicted octanol–water partition coefficient (Wildman–Crippen LogP) is 1.01. The molecule has 0 unspecified atom stereocenters.